The lowest BCUT2D eigenvalue weighted by atomic mass is 9.93. The fourth-order valence-corrected chi connectivity index (χ4v) is 115. The van der Waals surface area contributed by atoms with Crippen LogP contribution in [0, 0.1) is 11.6 Å². The van der Waals surface area contributed by atoms with Crippen LogP contribution in [0.2, 0.25) is 10.0 Å². The highest BCUT2D eigenvalue weighted by molar-refractivity contribution is 9.21. The Hall–Kier alpha value is 1.17. The molecular formula is C56H88Cl2F2N7O8P15S2. The number of hydrogen-bond donors (Lipinski definition) is 1. The number of epoxide rings is 1. The first-order valence-corrected chi connectivity index (χ1v) is 59.0. The van der Waals surface area contributed by atoms with Gasteiger partial charge in [0, 0.05) is 94.5 Å². The van der Waals surface area contributed by atoms with Gasteiger partial charge in [0.25, 0.3) is 0 Å². The van der Waals surface area contributed by atoms with Crippen molar-refractivity contribution in [3.05, 3.63) is 139 Å². The Morgan fingerprint density at radius 2 is 1.01 bits per heavy atom. The summed E-state index contributed by atoms with van der Waals surface area (Å²) in [7, 11) is 20.9. The van der Waals surface area contributed by atoms with E-state index in [1.165, 1.54) is 36.8 Å². The molecular weight excluding hydrogens is 1540 g/mol. The highest BCUT2D eigenvalue weighted by atomic mass is 35.5. The number of halogens is 4. The van der Waals surface area contributed by atoms with E-state index >= 15 is 0 Å². The van der Waals surface area contributed by atoms with Crippen molar-refractivity contribution in [3.63, 3.8) is 0 Å². The molecule has 0 radical (unpaired) electrons. The van der Waals surface area contributed by atoms with Crippen molar-refractivity contribution in [1.29, 1.82) is 0 Å². The molecule has 2 aliphatic heterocycles. The predicted molar refractivity (Wildman–Crippen MR) is 435 cm³/mol. The highest BCUT2D eigenvalue weighted by Gasteiger charge is 2.35. The van der Waals surface area contributed by atoms with Crippen LogP contribution in [0.4, 0.5) is 8.78 Å². The van der Waals surface area contributed by atoms with Gasteiger partial charge in [0.1, 0.15) is 31.3 Å². The number of hydrogen-bond acceptors (Lipinski definition) is 9. The fourth-order valence-electron chi connectivity index (χ4n) is 10.8. The lowest BCUT2D eigenvalue weighted by Gasteiger charge is -2.42. The molecule has 92 heavy (non-hydrogen) atoms. The number of imidazole rings is 2. The molecule has 8 aromatic rings. The maximum Gasteiger partial charge on any atom is 0.329 e. The zero-order valence-corrected chi connectivity index (χ0v) is 70.5. The van der Waals surface area contributed by atoms with Crippen LogP contribution in [-0.4, -0.2) is 116 Å². The molecule has 36 heteroatoms. The van der Waals surface area contributed by atoms with E-state index in [-0.39, 0.29) is 102 Å². The van der Waals surface area contributed by atoms with Gasteiger partial charge in [0.2, 0.25) is 0 Å². The SMILES string of the molecule is C.CC(C)(O)CN1CC(n2c(=O)n(Cc3cc4cc(Cl)ccc4n3CCCS(C)(=O)=O)c3cc(F)ccc32)C1.CC1(C)CO1.CS(=O)(=O)CCCn1c(Cn2c(=O)n(C3CCC3)c3ccc(F)cc32)cc2cc(Cl)ccc21.PP(P)P(P)P(P(P)P)P(P)P.PPP. The quantitative estimate of drug-likeness (QED) is 0.0577. The summed E-state index contributed by atoms with van der Waals surface area (Å²) < 4.78 is 91.0. The second-order valence-corrected chi connectivity index (χ2v) is 78.6. The van der Waals surface area contributed by atoms with Crippen molar-refractivity contribution in [2.45, 2.75) is 117 Å². The van der Waals surface area contributed by atoms with Crippen LogP contribution in [0.1, 0.15) is 90.7 Å². The molecule has 3 aliphatic rings. The summed E-state index contributed by atoms with van der Waals surface area (Å²) in [6.45, 7) is 12.4. The maximum absolute atomic E-state index is 14.4. The second kappa shape index (κ2) is 35.9. The monoisotopic (exact) mass is 1620 g/mol. The number of aryl methyl sites for hydroxylation is 2. The topological polar surface area (TPSA) is 168 Å². The molecule has 0 amide bonds. The van der Waals surface area contributed by atoms with Crippen LogP contribution in [-0.2, 0) is 50.6 Å². The van der Waals surface area contributed by atoms with Crippen LogP contribution in [0.5, 0.6) is 0 Å². The van der Waals surface area contributed by atoms with Gasteiger partial charge in [-0.15, -0.1) is 80.4 Å². The Kier molecular flexibility index (Phi) is 32.0. The van der Waals surface area contributed by atoms with Crippen molar-refractivity contribution < 1.29 is 35.5 Å². The molecule has 1 saturated carbocycles. The molecule has 10 atom stereocenters. The minimum atomic E-state index is -3.12. The van der Waals surface area contributed by atoms with E-state index in [9.17, 15) is 40.3 Å². The molecule has 6 heterocycles. The fraction of sp³-hybridized carbons (Fsp3) is 0.464. The number of rotatable bonds is 20. The van der Waals surface area contributed by atoms with E-state index in [0.29, 0.717) is 72.2 Å². The largest absolute Gasteiger partial charge is 0.389 e. The van der Waals surface area contributed by atoms with Crippen LogP contribution in [0.25, 0.3) is 43.9 Å². The lowest BCUT2D eigenvalue weighted by Crippen LogP contribution is -2.54. The highest BCUT2D eigenvalue weighted by Crippen LogP contribution is 3.16. The first-order chi connectivity index (χ1) is 42.5. The van der Waals surface area contributed by atoms with Crippen molar-refractivity contribution in [1.82, 2.24) is 32.3 Å². The van der Waals surface area contributed by atoms with Gasteiger partial charge in [0.15, 0.2) is 0 Å². The molecule has 11 rings (SSSR count). The Labute approximate surface area is 579 Å². The van der Waals surface area contributed by atoms with Crippen LogP contribution in [0.3, 0.4) is 0 Å². The number of fused-ring (bicyclic) bond motifs is 4. The number of ether oxygens (including phenoxy) is 1. The van der Waals surface area contributed by atoms with Gasteiger partial charge in [-0.25, -0.2) is 35.2 Å². The number of sulfone groups is 2. The standard InChI is InChI=1S/C27H32ClFN4O4S.C24H25ClFN3O3S.C4H8O.CH4.H14P12.H5P3/c1-27(2,35)17-30-14-22(15-30)33-24-8-6-20(29)13-25(24)32(26(33)34)16-21-12-18-11-19(28)5-7-23(18)31(21)9-4-10-38(3,36)37;1-33(31,32)11-3-10-27-20(13-16-12-17(25)6-8-21(16)27)15-28-23-14-18(26)7-9-22(23)29(24(28)30)19-4-2-5-19;1-4(2)3-5-4;;1-8(2)11(7)12(9(3)4)10(5)6;1-3-2/h5-8,11-13,22,35H,4,9-10,14-17H2,1-3H3;6-9,12-14,19H,2-5,10-11,15H2,1H3;3H2,1-2H3;1H4;1-7H2;3H,1-2H2. The molecule has 0 spiro atoms. The van der Waals surface area contributed by atoms with Gasteiger partial charge in [-0.2, -0.15) is 0 Å². The summed E-state index contributed by atoms with van der Waals surface area (Å²) in [5, 5.41) is 13.1. The Morgan fingerprint density at radius 3 is 1.33 bits per heavy atom. The molecule has 10 unspecified atom stereocenters. The molecule has 510 valence electrons. The molecule has 1 N–H and O–H groups in total. The molecule has 15 nitrogen and oxygen atoms in total. The summed E-state index contributed by atoms with van der Waals surface area (Å²) in [6, 6.07) is 23.9. The first-order valence-electron chi connectivity index (χ1n) is 28.7. The average molecular weight is 1630 g/mol. The van der Waals surface area contributed by atoms with E-state index < -0.39 is 31.1 Å². The summed E-state index contributed by atoms with van der Waals surface area (Å²) in [5.74, 6) is -0.692. The number of likely N-dealkylation sites (tertiary alicyclic amines) is 1. The first kappa shape index (κ1) is 82.1. The second-order valence-electron chi connectivity index (χ2n) is 23.9. The maximum atomic E-state index is 14.4. The van der Waals surface area contributed by atoms with Gasteiger partial charge < -0.3 is 19.0 Å². The third-order valence-electron chi connectivity index (χ3n) is 15.1. The number of nitrogens with zero attached hydrogens (tertiary/aromatic N) is 7. The molecule has 1 aliphatic carbocycles. The van der Waals surface area contributed by atoms with Crippen molar-refractivity contribution >= 4 is 210 Å². The van der Waals surface area contributed by atoms with Crippen LogP contribution < -0.4 is 11.4 Å². The summed E-state index contributed by atoms with van der Waals surface area (Å²) in [6.07, 6.45) is 6.29. The zero-order valence-electron chi connectivity index (χ0n) is 51.5. The zero-order chi connectivity index (χ0) is 67.2. The minimum Gasteiger partial charge on any atom is -0.389 e. The van der Waals surface area contributed by atoms with E-state index in [0.717, 1.165) is 72.5 Å². The normalized spacial score (nSPS) is 15.6. The Morgan fingerprint density at radius 1 is 0.630 bits per heavy atom. The Bertz CT molecular complexity index is 4180. The minimum absolute atomic E-state index is 0. The van der Waals surface area contributed by atoms with Gasteiger partial charge in [-0.3, -0.25) is 23.2 Å². The third-order valence-corrected chi connectivity index (χ3v) is 84.3. The molecule has 0 bridgehead atoms. The average Bonchev–Trinajstić information content (AvgIpc) is 1.60. The van der Waals surface area contributed by atoms with E-state index in [2.05, 4.69) is 99.1 Å². The van der Waals surface area contributed by atoms with E-state index in [4.69, 9.17) is 27.9 Å². The number of aromatic nitrogens is 6. The van der Waals surface area contributed by atoms with Gasteiger partial charge in [-0.05, 0) is 180 Å². The van der Waals surface area contributed by atoms with Crippen LogP contribution >= 0.6 is 146 Å². The van der Waals surface area contributed by atoms with E-state index in [1.54, 1.807) is 56.4 Å². The van der Waals surface area contributed by atoms with Gasteiger partial charge in [0.05, 0.1) is 70.5 Å². The van der Waals surface area contributed by atoms with E-state index in [1.807, 2.05) is 45.5 Å². The Balaban J connectivity index is 0.000000225. The molecule has 4 aromatic heterocycles. The van der Waals surface area contributed by atoms with Gasteiger partial charge >= 0.3 is 11.4 Å². The lowest BCUT2D eigenvalue weighted by molar-refractivity contribution is -0.00418. The van der Waals surface area contributed by atoms with Crippen LogP contribution in [0.15, 0.2) is 94.5 Å². The summed E-state index contributed by atoms with van der Waals surface area (Å²) in [4.78, 5) is 29.3. The predicted octanol–water partition coefficient (Wildman–Crippen LogP) is 17.7. The van der Waals surface area contributed by atoms with Crippen molar-refractivity contribution in [2.24, 2.45) is 0 Å². The molecule has 2 saturated heterocycles. The summed E-state index contributed by atoms with van der Waals surface area (Å²) in [5.41, 5.74) is 4.97. The smallest absolute Gasteiger partial charge is 0.329 e. The third kappa shape index (κ3) is 23.1. The number of β-amino-alcohol motifs (C(OH)–C–C–N with tert-alkyl or cyclic N) is 1. The van der Waals surface area contributed by atoms with Crippen molar-refractivity contribution in [3.8, 4) is 0 Å². The number of aliphatic hydroxyl groups is 1. The molecule has 3 fully saturated rings. The number of benzene rings is 4. The van der Waals surface area contributed by atoms with Gasteiger partial charge in [-0.1, -0.05) is 38.6 Å². The van der Waals surface area contributed by atoms with Crippen molar-refractivity contribution in [2.75, 3.05) is 50.3 Å². The summed E-state index contributed by atoms with van der Waals surface area (Å²) >= 11 is 12.4. The molecule has 4 aromatic carbocycles.